The highest BCUT2D eigenvalue weighted by Gasteiger charge is 2.24. The minimum atomic E-state index is -0.406. The fourth-order valence-electron chi connectivity index (χ4n) is 2.11. The van der Waals surface area contributed by atoms with Gasteiger partial charge in [-0.15, -0.1) is 0 Å². The summed E-state index contributed by atoms with van der Waals surface area (Å²) >= 11 is 0. The van der Waals surface area contributed by atoms with Gasteiger partial charge in [-0.3, -0.25) is 4.79 Å². The summed E-state index contributed by atoms with van der Waals surface area (Å²) in [5.41, 5.74) is 5.82. The van der Waals surface area contributed by atoms with Crippen LogP contribution < -0.4 is 11.1 Å². The minimum absolute atomic E-state index is 0.0595. The number of aliphatic hydroxyl groups is 1. The second-order valence-electron chi connectivity index (χ2n) is 4.99. The van der Waals surface area contributed by atoms with Crippen molar-refractivity contribution in [3.63, 3.8) is 0 Å². The van der Waals surface area contributed by atoms with Crippen molar-refractivity contribution in [1.29, 1.82) is 0 Å². The van der Waals surface area contributed by atoms with Gasteiger partial charge in [-0.05, 0) is 31.1 Å². The standard InChI is InChI=1S/C12H24N2O2/c1-3-8(2)11(13)12(16)14-7-9-4-5-10(15)6-9/h8-11,15H,3-7,13H2,1-2H3,(H,14,16). The van der Waals surface area contributed by atoms with E-state index in [2.05, 4.69) is 5.32 Å². The van der Waals surface area contributed by atoms with Crippen molar-refractivity contribution in [3.05, 3.63) is 0 Å². The Balaban J connectivity index is 2.24. The number of aliphatic hydroxyl groups excluding tert-OH is 1. The summed E-state index contributed by atoms with van der Waals surface area (Å²) in [4.78, 5) is 11.7. The zero-order valence-corrected chi connectivity index (χ0v) is 10.3. The lowest BCUT2D eigenvalue weighted by molar-refractivity contribution is -0.123. The SMILES string of the molecule is CCC(C)C(N)C(=O)NCC1CCC(O)C1. The van der Waals surface area contributed by atoms with Crippen LogP contribution in [0, 0.1) is 11.8 Å². The third kappa shape index (κ3) is 3.76. The van der Waals surface area contributed by atoms with Gasteiger partial charge in [0.25, 0.3) is 0 Å². The Morgan fingerprint density at radius 1 is 1.56 bits per heavy atom. The van der Waals surface area contributed by atoms with Gasteiger partial charge in [-0.1, -0.05) is 20.3 Å². The molecular weight excluding hydrogens is 204 g/mol. The molecule has 16 heavy (non-hydrogen) atoms. The van der Waals surface area contributed by atoms with Gasteiger partial charge in [0.1, 0.15) is 0 Å². The summed E-state index contributed by atoms with van der Waals surface area (Å²) in [6.07, 6.45) is 3.40. The Morgan fingerprint density at radius 2 is 2.25 bits per heavy atom. The molecule has 0 bridgehead atoms. The van der Waals surface area contributed by atoms with Gasteiger partial charge in [0, 0.05) is 6.54 Å². The summed E-state index contributed by atoms with van der Waals surface area (Å²) in [6.45, 7) is 4.68. The molecule has 0 heterocycles. The van der Waals surface area contributed by atoms with E-state index in [1.807, 2.05) is 13.8 Å². The molecule has 0 aromatic heterocycles. The van der Waals surface area contributed by atoms with Crippen molar-refractivity contribution >= 4 is 5.91 Å². The third-order valence-electron chi connectivity index (χ3n) is 3.64. The number of carbonyl (C=O) groups excluding carboxylic acids is 1. The van der Waals surface area contributed by atoms with Crippen LogP contribution in [0.5, 0.6) is 0 Å². The predicted octanol–water partition coefficient (Wildman–Crippen LogP) is 0.637. The van der Waals surface area contributed by atoms with Crippen LogP contribution in [0.25, 0.3) is 0 Å². The largest absolute Gasteiger partial charge is 0.393 e. The van der Waals surface area contributed by atoms with E-state index in [1.54, 1.807) is 0 Å². The molecule has 0 radical (unpaired) electrons. The lowest BCUT2D eigenvalue weighted by atomic mass is 9.99. The van der Waals surface area contributed by atoms with Gasteiger partial charge in [0.05, 0.1) is 12.1 Å². The van der Waals surface area contributed by atoms with Gasteiger partial charge in [-0.2, -0.15) is 0 Å². The second kappa shape index (κ2) is 6.21. The molecule has 0 aromatic rings. The maximum Gasteiger partial charge on any atom is 0.237 e. The van der Waals surface area contributed by atoms with Crippen LogP contribution in [0.3, 0.4) is 0 Å². The maximum absolute atomic E-state index is 11.7. The van der Waals surface area contributed by atoms with Crippen LogP contribution in [-0.2, 0) is 4.79 Å². The van der Waals surface area contributed by atoms with E-state index in [1.165, 1.54) is 0 Å². The van der Waals surface area contributed by atoms with E-state index in [4.69, 9.17) is 5.73 Å². The monoisotopic (exact) mass is 228 g/mol. The fraction of sp³-hybridized carbons (Fsp3) is 0.917. The van der Waals surface area contributed by atoms with E-state index < -0.39 is 6.04 Å². The van der Waals surface area contributed by atoms with Crippen LogP contribution in [0.15, 0.2) is 0 Å². The van der Waals surface area contributed by atoms with Gasteiger partial charge < -0.3 is 16.2 Å². The van der Waals surface area contributed by atoms with E-state index in [9.17, 15) is 9.90 Å². The van der Waals surface area contributed by atoms with Gasteiger partial charge >= 0.3 is 0 Å². The smallest absolute Gasteiger partial charge is 0.237 e. The van der Waals surface area contributed by atoms with Crippen LogP contribution in [0.1, 0.15) is 39.5 Å². The predicted molar refractivity (Wildman–Crippen MR) is 63.8 cm³/mol. The molecule has 94 valence electrons. The summed E-state index contributed by atoms with van der Waals surface area (Å²) in [7, 11) is 0. The van der Waals surface area contributed by atoms with E-state index in [0.717, 1.165) is 25.7 Å². The Labute approximate surface area is 97.6 Å². The highest BCUT2D eigenvalue weighted by atomic mass is 16.3. The summed E-state index contributed by atoms with van der Waals surface area (Å²) in [5, 5.41) is 12.2. The van der Waals surface area contributed by atoms with Crippen molar-refractivity contribution in [2.75, 3.05) is 6.54 Å². The lowest BCUT2D eigenvalue weighted by Crippen LogP contribution is -2.45. The molecule has 4 unspecified atom stereocenters. The normalized spacial score (nSPS) is 28.8. The Bertz CT molecular complexity index is 233. The second-order valence-corrected chi connectivity index (χ2v) is 4.99. The van der Waals surface area contributed by atoms with E-state index in [0.29, 0.717) is 12.5 Å². The number of carbonyl (C=O) groups is 1. The van der Waals surface area contributed by atoms with Crippen molar-refractivity contribution in [1.82, 2.24) is 5.32 Å². The Kier molecular flexibility index (Phi) is 5.22. The lowest BCUT2D eigenvalue weighted by Gasteiger charge is -2.19. The summed E-state index contributed by atoms with van der Waals surface area (Å²) in [6, 6.07) is -0.406. The highest BCUT2D eigenvalue weighted by Crippen LogP contribution is 2.24. The van der Waals surface area contributed by atoms with Crippen molar-refractivity contribution in [2.24, 2.45) is 17.6 Å². The zero-order chi connectivity index (χ0) is 12.1. The molecule has 4 heteroatoms. The maximum atomic E-state index is 11.7. The Morgan fingerprint density at radius 3 is 2.75 bits per heavy atom. The molecule has 1 amide bonds. The molecule has 4 N–H and O–H groups in total. The Hall–Kier alpha value is -0.610. The number of hydrogen-bond donors (Lipinski definition) is 3. The minimum Gasteiger partial charge on any atom is -0.393 e. The molecule has 1 aliphatic rings. The van der Waals surface area contributed by atoms with Gasteiger partial charge in [0.2, 0.25) is 5.91 Å². The number of hydrogen-bond acceptors (Lipinski definition) is 3. The molecule has 1 saturated carbocycles. The van der Waals surface area contributed by atoms with Crippen LogP contribution >= 0.6 is 0 Å². The quantitative estimate of drug-likeness (QED) is 0.646. The molecule has 1 rings (SSSR count). The summed E-state index contributed by atoms with van der Waals surface area (Å²) < 4.78 is 0. The average Bonchev–Trinajstić information content (AvgIpc) is 2.69. The fourth-order valence-corrected chi connectivity index (χ4v) is 2.11. The molecule has 0 aliphatic heterocycles. The molecule has 0 aromatic carbocycles. The first kappa shape index (κ1) is 13.5. The van der Waals surface area contributed by atoms with E-state index in [-0.39, 0.29) is 17.9 Å². The molecule has 0 spiro atoms. The first-order valence-corrected chi connectivity index (χ1v) is 6.26. The molecule has 1 fully saturated rings. The number of amides is 1. The van der Waals surface area contributed by atoms with Crippen LogP contribution in [0.4, 0.5) is 0 Å². The van der Waals surface area contributed by atoms with Gasteiger partial charge in [-0.25, -0.2) is 0 Å². The van der Waals surface area contributed by atoms with E-state index >= 15 is 0 Å². The van der Waals surface area contributed by atoms with Crippen molar-refractivity contribution in [3.8, 4) is 0 Å². The topological polar surface area (TPSA) is 75.4 Å². The summed E-state index contributed by atoms with van der Waals surface area (Å²) in [5.74, 6) is 0.577. The molecule has 4 nitrogen and oxygen atoms in total. The van der Waals surface area contributed by atoms with Gasteiger partial charge in [0.15, 0.2) is 0 Å². The molecular formula is C12H24N2O2. The zero-order valence-electron chi connectivity index (χ0n) is 10.3. The highest BCUT2D eigenvalue weighted by molar-refractivity contribution is 5.81. The van der Waals surface area contributed by atoms with Crippen LogP contribution in [-0.4, -0.2) is 29.7 Å². The number of nitrogens with two attached hydrogens (primary N) is 1. The average molecular weight is 228 g/mol. The molecule has 1 aliphatic carbocycles. The van der Waals surface area contributed by atoms with Crippen molar-refractivity contribution < 1.29 is 9.90 Å². The molecule has 0 saturated heterocycles. The number of rotatable bonds is 5. The first-order valence-electron chi connectivity index (χ1n) is 6.26. The van der Waals surface area contributed by atoms with Crippen LogP contribution in [0.2, 0.25) is 0 Å². The molecule has 4 atom stereocenters. The third-order valence-corrected chi connectivity index (χ3v) is 3.64. The first-order chi connectivity index (χ1) is 7.54. The van der Waals surface area contributed by atoms with Crippen molar-refractivity contribution in [2.45, 2.75) is 51.7 Å². The number of nitrogens with one attached hydrogen (secondary N) is 1.